The molecule has 22 heavy (non-hydrogen) atoms. The van der Waals surface area contributed by atoms with Gasteiger partial charge in [-0.15, -0.1) is 0 Å². The Hall–Kier alpha value is -2.55. The summed E-state index contributed by atoms with van der Waals surface area (Å²) in [4.78, 5) is 7.79. The molecule has 3 rings (SSSR count). The van der Waals surface area contributed by atoms with Crippen molar-refractivity contribution in [3.8, 4) is 0 Å². The van der Waals surface area contributed by atoms with Crippen LogP contribution >= 0.6 is 0 Å². The first-order valence-corrected chi connectivity index (χ1v) is 7.64. The van der Waals surface area contributed by atoms with Gasteiger partial charge < -0.3 is 0 Å². The van der Waals surface area contributed by atoms with E-state index in [1.54, 1.807) is 13.0 Å². The van der Waals surface area contributed by atoms with Crippen molar-refractivity contribution in [3.05, 3.63) is 54.0 Å². The van der Waals surface area contributed by atoms with E-state index in [9.17, 15) is 17.2 Å². The number of aryl methyl sites for hydroxylation is 1. The number of benzene rings is 1. The van der Waals surface area contributed by atoms with E-state index in [4.69, 9.17) is 0 Å². The molecule has 0 aliphatic heterocycles. The first kappa shape index (κ1) is 14.4. The number of imidazole rings is 1. The zero-order valence-electron chi connectivity index (χ0n) is 11.3. The summed E-state index contributed by atoms with van der Waals surface area (Å²) in [5.74, 6) is -1.85. The number of aromatic nitrogens is 3. The number of rotatable bonds is 3. The average molecular weight is 324 g/mol. The fourth-order valence-corrected chi connectivity index (χ4v) is 2.92. The maximum Gasteiger partial charge on any atom is 0.281 e. The first-order valence-electron chi connectivity index (χ1n) is 6.16. The highest BCUT2D eigenvalue weighted by molar-refractivity contribution is 7.92. The zero-order valence-corrected chi connectivity index (χ0v) is 12.1. The monoisotopic (exact) mass is 324 g/mol. The SMILES string of the molecule is Cc1ccnc2nc(S(=O)(=O)Nc3c(F)cccc3F)cn12. The molecule has 114 valence electrons. The fourth-order valence-electron chi connectivity index (χ4n) is 1.90. The Morgan fingerprint density at radius 2 is 1.86 bits per heavy atom. The predicted octanol–water partition coefficient (Wildman–Crippen LogP) is 2.12. The molecule has 6 nitrogen and oxygen atoms in total. The highest BCUT2D eigenvalue weighted by Gasteiger charge is 2.22. The van der Waals surface area contributed by atoms with E-state index >= 15 is 0 Å². The molecule has 0 radical (unpaired) electrons. The molecule has 0 aliphatic rings. The van der Waals surface area contributed by atoms with E-state index in [1.165, 1.54) is 16.8 Å². The minimum absolute atomic E-state index is 0.175. The number of halogens is 2. The van der Waals surface area contributed by atoms with Crippen LogP contribution in [0.3, 0.4) is 0 Å². The number of hydrogen-bond donors (Lipinski definition) is 1. The Kier molecular flexibility index (Phi) is 3.28. The molecule has 9 heteroatoms. The Morgan fingerprint density at radius 3 is 2.50 bits per heavy atom. The number of anilines is 1. The molecule has 0 aliphatic carbocycles. The van der Waals surface area contributed by atoms with Gasteiger partial charge in [0.05, 0.1) is 6.20 Å². The average Bonchev–Trinajstić information content (AvgIpc) is 2.90. The summed E-state index contributed by atoms with van der Waals surface area (Å²) >= 11 is 0. The van der Waals surface area contributed by atoms with Crippen LogP contribution in [0, 0.1) is 18.6 Å². The van der Waals surface area contributed by atoms with Gasteiger partial charge in [0.1, 0.15) is 17.3 Å². The highest BCUT2D eigenvalue weighted by atomic mass is 32.2. The number of para-hydroxylation sites is 1. The Balaban J connectivity index is 2.07. The number of fused-ring (bicyclic) bond motifs is 1. The summed E-state index contributed by atoms with van der Waals surface area (Å²) < 4.78 is 54.9. The van der Waals surface area contributed by atoms with Crippen molar-refractivity contribution in [2.24, 2.45) is 0 Å². The molecule has 0 spiro atoms. The molecule has 0 atom stereocenters. The van der Waals surface area contributed by atoms with Gasteiger partial charge in [-0.2, -0.15) is 13.4 Å². The molecular formula is C13H10F2N4O2S. The third kappa shape index (κ3) is 2.39. The number of nitrogens with zero attached hydrogens (tertiary/aromatic N) is 3. The van der Waals surface area contributed by atoms with Crippen LogP contribution in [0.2, 0.25) is 0 Å². The van der Waals surface area contributed by atoms with Crippen molar-refractivity contribution in [2.75, 3.05) is 4.72 Å². The normalized spacial score (nSPS) is 11.8. The largest absolute Gasteiger partial charge is 0.287 e. The van der Waals surface area contributed by atoms with Gasteiger partial charge in [-0.3, -0.25) is 9.12 Å². The summed E-state index contributed by atoms with van der Waals surface area (Å²) in [7, 11) is -4.24. The fraction of sp³-hybridized carbons (Fsp3) is 0.0769. The summed E-state index contributed by atoms with van der Waals surface area (Å²) in [6.45, 7) is 1.75. The third-order valence-electron chi connectivity index (χ3n) is 3.03. The molecular weight excluding hydrogens is 314 g/mol. The van der Waals surface area contributed by atoms with Crippen LogP contribution in [0.25, 0.3) is 5.78 Å². The van der Waals surface area contributed by atoms with Gasteiger partial charge in [-0.25, -0.2) is 13.8 Å². The minimum atomic E-state index is -4.24. The lowest BCUT2D eigenvalue weighted by Crippen LogP contribution is -2.15. The maximum absolute atomic E-state index is 13.6. The van der Waals surface area contributed by atoms with Crippen molar-refractivity contribution in [1.29, 1.82) is 0 Å². The van der Waals surface area contributed by atoms with Gasteiger partial charge in [0.2, 0.25) is 5.78 Å². The van der Waals surface area contributed by atoms with E-state index in [1.807, 2.05) is 4.72 Å². The Bertz CT molecular complexity index is 949. The van der Waals surface area contributed by atoms with Crippen molar-refractivity contribution in [2.45, 2.75) is 11.9 Å². The smallest absolute Gasteiger partial charge is 0.281 e. The second kappa shape index (κ2) is 5.02. The lowest BCUT2D eigenvalue weighted by Gasteiger charge is -2.07. The quantitative estimate of drug-likeness (QED) is 0.800. The summed E-state index contributed by atoms with van der Waals surface area (Å²) in [6, 6.07) is 4.72. The predicted molar refractivity (Wildman–Crippen MR) is 74.9 cm³/mol. The Labute approximate surface area is 124 Å². The molecule has 2 heterocycles. The van der Waals surface area contributed by atoms with E-state index in [2.05, 4.69) is 9.97 Å². The molecule has 0 unspecified atom stereocenters. The van der Waals surface area contributed by atoms with Crippen LogP contribution in [-0.2, 0) is 10.0 Å². The van der Waals surface area contributed by atoms with Crippen molar-refractivity contribution < 1.29 is 17.2 Å². The first-order chi connectivity index (χ1) is 10.4. The summed E-state index contributed by atoms with van der Waals surface area (Å²) in [5.41, 5.74) is -0.0275. The molecule has 0 bridgehead atoms. The standard InChI is InChI=1S/C13H10F2N4O2S/c1-8-5-6-16-13-17-11(7-19(8)13)22(20,21)18-12-9(14)3-2-4-10(12)15/h2-7,18H,1H3. The number of sulfonamides is 1. The second-order valence-corrected chi connectivity index (χ2v) is 6.17. The van der Waals surface area contributed by atoms with Crippen molar-refractivity contribution in [1.82, 2.24) is 14.4 Å². The molecule has 2 aromatic heterocycles. The van der Waals surface area contributed by atoms with Crippen LogP contribution in [0.15, 0.2) is 41.7 Å². The highest BCUT2D eigenvalue weighted by Crippen LogP contribution is 2.22. The second-order valence-electron chi connectivity index (χ2n) is 4.54. The third-order valence-corrected chi connectivity index (χ3v) is 4.25. The van der Waals surface area contributed by atoms with E-state index in [0.29, 0.717) is 0 Å². The molecule has 0 amide bonds. The van der Waals surface area contributed by atoms with Gasteiger partial charge in [0, 0.05) is 11.9 Å². The summed E-state index contributed by atoms with van der Waals surface area (Å²) in [5, 5.41) is -0.378. The molecule has 1 N–H and O–H groups in total. The molecule has 3 aromatic rings. The van der Waals surface area contributed by atoms with Crippen molar-refractivity contribution in [3.63, 3.8) is 0 Å². The number of nitrogens with one attached hydrogen (secondary N) is 1. The summed E-state index contributed by atoms with van der Waals surface area (Å²) in [6.07, 6.45) is 2.72. The molecule has 0 saturated heterocycles. The van der Waals surface area contributed by atoms with Gasteiger partial charge >= 0.3 is 0 Å². The zero-order chi connectivity index (χ0) is 15.9. The lowest BCUT2D eigenvalue weighted by atomic mass is 10.3. The van der Waals surface area contributed by atoms with Crippen LogP contribution in [0.5, 0.6) is 0 Å². The van der Waals surface area contributed by atoms with Gasteiger partial charge in [-0.1, -0.05) is 6.07 Å². The lowest BCUT2D eigenvalue weighted by molar-refractivity contribution is 0.582. The van der Waals surface area contributed by atoms with Crippen LogP contribution in [-0.4, -0.2) is 22.8 Å². The van der Waals surface area contributed by atoms with E-state index in [0.717, 1.165) is 23.9 Å². The van der Waals surface area contributed by atoms with E-state index < -0.39 is 27.3 Å². The molecule has 0 fully saturated rings. The molecule has 0 saturated carbocycles. The Morgan fingerprint density at radius 1 is 1.18 bits per heavy atom. The number of hydrogen-bond acceptors (Lipinski definition) is 4. The van der Waals surface area contributed by atoms with Crippen LogP contribution < -0.4 is 4.72 Å². The van der Waals surface area contributed by atoms with Crippen LogP contribution in [0.1, 0.15) is 5.69 Å². The van der Waals surface area contributed by atoms with Gasteiger partial charge in [-0.05, 0) is 25.1 Å². The molecule has 1 aromatic carbocycles. The van der Waals surface area contributed by atoms with Crippen molar-refractivity contribution >= 4 is 21.5 Å². The minimum Gasteiger partial charge on any atom is -0.287 e. The topological polar surface area (TPSA) is 76.4 Å². The maximum atomic E-state index is 13.6. The van der Waals surface area contributed by atoms with Gasteiger partial charge in [0.25, 0.3) is 10.0 Å². The van der Waals surface area contributed by atoms with E-state index in [-0.39, 0.29) is 10.8 Å². The van der Waals surface area contributed by atoms with Gasteiger partial charge in [0.15, 0.2) is 5.03 Å². The van der Waals surface area contributed by atoms with Crippen LogP contribution in [0.4, 0.5) is 14.5 Å².